The van der Waals surface area contributed by atoms with E-state index in [2.05, 4.69) is 454 Å². The largest absolute Gasteiger partial charge is 0.310 e. The van der Waals surface area contributed by atoms with E-state index in [0.717, 1.165) is 91.2 Å². The normalized spacial score (nSPS) is 11.6. The van der Waals surface area contributed by atoms with E-state index in [4.69, 9.17) is 0 Å². The van der Waals surface area contributed by atoms with Gasteiger partial charge in [-0.15, -0.1) is 0 Å². The molecule has 0 unspecified atom stereocenters. The van der Waals surface area contributed by atoms with Crippen molar-refractivity contribution >= 4 is 106 Å². The molecule has 0 aliphatic heterocycles. The van der Waals surface area contributed by atoms with Gasteiger partial charge in [0.25, 0.3) is 0 Å². The van der Waals surface area contributed by atoms with Gasteiger partial charge in [0.1, 0.15) is 0 Å². The number of hydrogen-bond acceptors (Lipinski definition) is 2. The summed E-state index contributed by atoms with van der Waals surface area (Å²) in [6, 6.07) is 110. The average Bonchev–Trinajstić information content (AvgIpc) is 0.800. The molecule has 106 heavy (non-hydrogen) atoms. The Hall–Kier alpha value is -12.6. The zero-order chi connectivity index (χ0) is 73.1. The van der Waals surface area contributed by atoms with Crippen molar-refractivity contribution < 1.29 is 0 Å². The third-order valence-electron chi connectivity index (χ3n) is 19.7. The lowest BCUT2D eigenvalue weighted by atomic mass is 9.96. The van der Waals surface area contributed by atoms with Gasteiger partial charge >= 0.3 is 0 Å². The molecule has 0 aromatic heterocycles. The first kappa shape index (κ1) is 71.8. The smallest absolute Gasteiger partial charge is 0.0522 e. The zero-order valence-corrected chi connectivity index (χ0v) is 62.3. The second kappa shape index (κ2) is 34.6. The summed E-state index contributed by atoms with van der Waals surface area (Å²) in [6.45, 7) is 17.4. The fraction of sp³-hybridized carbons (Fsp3) is 0.0962. The van der Waals surface area contributed by atoms with Gasteiger partial charge in [-0.2, -0.15) is 0 Å². The zero-order valence-electron chi connectivity index (χ0n) is 62.3. The monoisotopic (exact) mass is 1370 g/mol. The van der Waals surface area contributed by atoms with Gasteiger partial charge in [0.05, 0.1) is 11.4 Å². The fourth-order valence-corrected chi connectivity index (χ4v) is 13.5. The van der Waals surface area contributed by atoms with Crippen LogP contribution in [0.15, 0.2) is 328 Å². The second-order valence-corrected chi connectivity index (χ2v) is 27.6. The van der Waals surface area contributed by atoms with Crippen LogP contribution >= 0.6 is 0 Å². The summed E-state index contributed by atoms with van der Waals surface area (Å²) < 4.78 is 0. The molecule has 0 atom stereocenters. The molecular weight excluding hydrogens is 1280 g/mol. The Bertz CT molecular complexity index is 4910. The van der Waals surface area contributed by atoms with Crippen LogP contribution in [0.5, 0.6) is 0 Å². The maximum atomic E-state index is 2.41. The lowest BCUT2D eigenvalue weighted by Gasteiger charge is -2.29. The van der Waals surface area contributed by atoms with E-state index in [1.165, 1.54) is 89.3 Å². The van der Waals surface area contributed by atoms with Crippen molar-refractivity contribution in [2.24, 2.45) is 0 Å². The SMILES string of the molecule is CCc1cccc(C)c1N(c1ccc(/C=C/c2ccc(/C=C/C=C(c3ccc(C)cc3)c3ccc(C)cc3)cc2)cc1)c1ccc(/C=C/c2ccc(/C=C/c3ccc(N(c4ccc(/C=C/c5ccc(/C=C/C=C(c6ccc(C)cc6)c6ccc(C)cc6)cc5)cc4)c4c(C)cccc4CC)cc3)cc2)cc1. The van der Waals surface area contributed by atoms with E-state index in [1.807, 2.05) is 0 Å². The van der Waals surface area contributed by atoms with Crippen molar-refractivity contribution in [3.8, 4) is 0 Å². The van der Waals surface area contributed by atoms with Gasteiger partial charge in [-0.3, -0.25) is 0 Å². The molecule has 518 valence electrons. The van der Waals surface area contributed by atoms with Crippen LogP contribution in [0.2, 0.25) is 0 Å². The van der Waals surface area contributed by atoms with Gasteiger partial charge in [-0.1, -0.05) is 376 Å². The summed E-state index contributed by atoms with van der Waals surface area (Å²) in [5, 5.41) is 0. The minimum absolute atomic E-state index is 0.928. The molecule has 0 bridgehead atoms. The highest BCUT2D eigenvalue weighted by atomic mass is 15.2. The highest BCUT2D eigenvalue weighted by Crippen LogP contribution is 2.42. The summed E-state index contributed by atoms with van der Waals surface area (Å²) in [5.74, 6) is 0. The lowest BCUT2D eigenvalue weighted by Crippen LogP contribution is -2.13. The summed E-state index contributed by atoms with van der Waals surface area (Å²) in [7, 11) is 0. The van der Waals surface area contributed by atoms with E-state index in [-0.39, 0.29) is 0 Å². The number of nitrogens with zero attached hydrogens (tertiary/aromatic N) is 2. The quantitative estimate of drug-likeness (QED) is 0.0439. The Balaban J connectivity index is 0.641. The van der Waals surface area contributed by atoms with Crippen LogP contribution in [-0.4, -0.2) is 0 Å². The molecule has 0 amide bonds. The standard InChI is InChI=1S/C104H92N2/c1-9-91-19-11-15-79(7)103(91)105(97-67-51-87(52-68-97)47-43-83-35-31-81(32-36-83)17-13-21-101(93-59-23-75(3)24-60-93)94-61-25-76(4)26-62-94)99-71-55-89(56-72-99)49-45-85-39-41-86(42-40-85)46-50-90-57-73-100(74-58-90)106(104-80(8)16-12-20-92(104)10-2)98-69-53-88(54-70-98)48-44-84-37-33-82(34-38-84)18-14-22-102(95-63-27-77(5)28-64-95)96-65-29-78(6)30-66-96/h11-74H,9-10H2,1-8H3/b17-13+,18-14+,47-43+,48-44+,49-45+,50-46+. The maximum Gasteiger partial charge on any atom is 0.0522 e. The number of para-hydroxylation sites is 2. The molecule has 0 radical (unpaired) electrons. The number of hydrogen-bond donors (Lipinski definition) is 0. The fourth-order valence-electron chi connectivity index (χ4n) is 13.5. The van der Waals surface area contributed by atoms with E-state index in [0.29, 0.717) is 0 Å². The first-order valence-electron chi connectivity index (χ1n) is 37.1. The van der Waals surface area contributed by atoms with Crippen LogP contribution in [0.4, 0.5) is 34.1 Å². The highest BCUT2D eigenvalue weighted by Gasteiger charge is 2.20. The van der Waals surface area contributed by atoms with Crippen molar-refractivity contribution in [3.05, 3.63) is 450 Å². The van der Waals surface area contributed by atoms with Gasteiger partial charge in [-0.05, 0) is 214 Å². The summed E-state index contributed by atoms with van der Waals surface area (Å²) in [6.07, 6.45) is 32.6. The average molecular weight is 1370 g/mol. The molecule has 0 N–H and O–H groups in total. The molecule has 0 aliphatic carbocycles. The van der Waals surface area contributed by atoms with Crippen LogP contribution < -0.4 is 9.80 Å². The number of anilines is 6. The minimum atomic E-state index is 0.928. The Morgan fingerprint density at radius 2 is 0.425 bits per heavy atom. The van der Waals surface area contributed by atoms with Crippen LogP contribution in [0.1, 0.15) is 136 Å². The minimum Gasteiger partial charge on any atom is -0.310 e. The van der Waals surface area contributed by atoms with Gasteiger partial charge < -0.3 is 9.80 Å². The van der Waals surface area contributed by atoms with Gasteiger partial charge in [0, 0.05) is 22.7 Å². The van der Waals surface area contributed by atoms with Crippen LogP contribution in [0.25, 0.3) is 71.9 Å². The third-order valence-corrected chi connectivity index (χ3v) is 19.7. The van der Waals surface area contributed by atoms with E-state index >= 15 is 0 Å². The van der Waals surface area contributed by atoms with E-state index in [9.17, 15) is 0 Å². The Morgan fingerprint density at radius 1 is 0.226 bits per heavy atom. The maximum absolute atomic E-state index is 2.41. The Morgan fingerprint density at radius 3 is 0.632 bits per heavy atom. The highest BCUT2D eigenvalue weighted by molar-refractivity contribution is 5.87. The summed E-state index contributed by atoms with van der Waals surface area (Å²) >= 11 is 0. The van der Waals surface area contributed by atoms with Crippen molar-refractivity contribution in [2.45, 2.75) is 68.2 Å². The Labute approximate surface area is 630 Å². The summed E-state index contributed by atoms with van der Waals surface area (Å²) in [4.78, 5) is 4.83. The lowest BCUT2D eigenvalue weighted by molar-refractivity contribution is 1.10. The van der Waals surface area contributed by atoms with Gasteiger partial charge in [-0.25, -0.2) is 0 Å². The molecule has 0 fully saturated rings. The molecule has 0 saturated heterocycles. The number of aryl methyl sites for hydroxylation is 8. The molecule has 13 aromatic rings. The Kier molecular flexibility index (Phi) is 23.4. The molecular formula is C104H92N2. The first-order valence-corrected chi connectivity index (χ1v) is 37.1. The molecule has 0 aliphatic rings. The van der Waals surface area contributed by atoms with Gasteiger partial charge in [0.15, 0.2) is 0 Å². The van der Waals surface area contributed by atoms with Crippen LogP contribution in [0, 0.1) is 41.5 Å². The summed E-state index contributed by atoms with van der Waals surface area (Å²) in [5.41, 5.74) is 35.7. The van der Waals surface area contributed by atoms with E-state index < -0.39 is 0 Å². The third kappa shape index (κ3) is 18.4. The van der Waals surface area contributed by atoms with Crippen molar-refractivity contribution in [3.63, 3.8) is 0 Å². The molecule has 0 spiro atoms. The number of benzene rings is 13. The predicted molar refractivity (Wildman–Crippen MR) is 462 cm³/mol. The molecule has 13 aromatic carbocycles. The number of allylic oxidation sites excluding steroid dienone is 4. The molecule has 0 heterocycles. The van der Waals surface area contributed by atoms with Crippen molar-refractivity contribution in [2.75, 3.05) is 9.80 Å². The molecule has 2 heteroatoms. The predicted octanol–water partition coefficient (Wildman–Crippen LogP) is 28.6. The first-order chi connectivity index (χ1) is 51.9. The van der Waals surface area contributed by atoms with E-state index in [1.54, 1.807) is 0 Å². The molecule has 13 rings (SSSR count). The molecule has 0 saturated carbocycles. The van der Waals surface area contributed by atoms with Crippen LogP contribution in [-0.2, 0) is 12.8 Å². The van der Waals surface area contributed by atoms with Crippen molar-refractivity contribution in [1.29, 1.82) is 0 Å². The number of rotatable bonds is 24. The van der Waals surface area contributed by atoms with Crippen LogP contribution in [0.3, 0.4) is 0 Å². The van der Waals surface area contributed by atoms with Crippen molar-refractivity contribution in [1.82, 2.24) is 0 Å². The molecule has 2 nitrogen and oxygen atoms in total. The second-order valence-electron chi connectivity index (χ2n) is 27.6. The van der Waals surface area contributed by atoms with Gasteiger partial charge in [0.2, 0.25) is 0 Å². The topological polar surface area (TPSA) is 6.48 Å².